The summed E-state index contributed by atoms with van der Waals surface area (Å²) in [5.74, 6) is 0.885. The Kier molecular flexibility index (Phi) is 3.51. The number of fused-ring (bicyclic) bond motifs is 1. The molecule has 3 rings (SSSR count). The van der Waals surface area contributed by atoms with E-state index in [0.717, 1.165) is 32.2 Å². The van der Waals surface area contributed by atoms with Crippen molar-refractivity contribution >= 4 is 27.2 Å². The first kappa shape index (κ1) is 13.8. The zero-order valence-electron chi connectivity index (χ0n) is 12.2. The van der Waals surface area contributed by atoms with Crippen molar-refractivity contribution in [2.24, 2.45) is 0 Å². The highest BCUT2D eigenvalue weighted by Crippen LogP contribution is 2.40. The fraction of sp³-hybridized carbons (Fsp3) is 0.250. The van der Waals surface area contributed by atoms with Gasteiger partial charge in [0.25, 0.3) is 0 Å². The molecule has 2 aromatic heterocycles. The minimum atomic E-state index is 0.290. The second-order valence-electron chi connectivity index (χ2n) is 5.07. The molecule has 0 aliphatic heterocycles. The Bertz CT molecular complexity index is 795. The lowest BCUT2D eigenvalue weighted by molar-refractivity contribution is 0.414. The third-order valence-electron chi connectivity index (χ3n) is 3.32. The van der Waals surface area contributed by atoms with Gasteiger partial charge in [0.2, 0.25) is 0 Å². The van der Waals surface area contributed by atoms with Crippen LogP contribution >= 0.6 is 11.3 Å². The van der Waals surface area contributed by atoms with Crippen LogP contribution in [0.2, 0.25) is 0 Å². The van der Waals surface area contributed by atoms with Crippen molar-refractivity contribution < 1.29 is 4.74 Å². The third kappa shape index (κ3) is 2.34. The van der Waals surface area contributed by atoms with Crippen LogP contribution in [0.15, 0.2) is 24.3 Å². The number of aromatic nitrogens is 2. The number of hydrogen-bond acceptors (Lipinski definition) is 5. The molecular weight excluding hydrogens is 282 g/mol. The molecule has 0 unspecified atom stereocenters. The number of nitrogen functional groups attached to an aromatic ring is 1. The van der Waals surface area contributed by atoms with E-state index in [1.165, 1.54) is 11.3 Å². The lowest BCUT2D eigenvalue weighted by atomic mass is 10.1. The van der Waals surface area contributed by atoms with Crippen molar-refractivity contribution in [2.75, 3.05) is 12.8 Å². The number of nitrogens with zero attached hydrogens (tertiary/aromatic N) is 2. The molecule has 1 radical (unpaired) electrons. The molecule has 0 fully saturated rings. The van der Waals surface area contributed by atoms with Crippen molar-refractivity contribution in [3.63, 3.8) is 0 Å². The van der Waals surface area contributed by atoms with Gasteiger partial charge in [0.1, 0.15) is 16.2 Å². The van der Waals surface area contributed by atoms with Crippen LogP contribution < -0.4 is 10.5 Å². The van der Waals surface area contributed by atoms with E-state index >= 15 is 0 Å². The second kappa shape index (κ2) is 5.33. The summed E-state index contributed by atoms with van der Waals surface area (Å²) >= 11 is 1.48. The van der Waals surface area contributed by atoms with Crippen LogP contribution in [0, 0.1) is 6.20 Å². The standard InChI is InChI=1S/C16H16N3OS/c1-9(2)14-15(17)21-16(19-14)13-10-6-4-5-7-11(10)18-8-12(13)20-3/h4-7,9H,17H2,1-3H3. The van der Waals surface area contributed by atoms with E-state index in [9.17, 15) is 0 Å². The first-order valence-corrected chi connectivity index (χ1v) is 7.54. The molecule has 0 spiro atoms. The van der Waals surface area contributed by atoms with E-state index in [4.69, 9.17) is 15.5 Å². The molecule has 0 saturated heterocycles. The maximum Gasteiger partial charge on any atom is 0.157 e. The number of anilines is 1. The summed E-state index contributed by atoms with van der Waals surface area (Å²) in [6.07, 6.45) is 2.94. The maximum atomic E-state index is 6.10. The van der Waals surface area contributed by atoms with Crippen LogP contribution in [0.1, 0.15) is 25.5 Å². The van der Waals surface area contributed by atoms with Crippen LogP contribution in [0.25, 0.3) is 21.5 Å². The molecule has 21 heavy (non-hydrogen) atoms. The molecule has 2 N–H and O–H groups in total. The molecule has 0 bridgehead atoms. The number of thiazole rings is 1. The normalized spacial score (nSPS) is 11.2. The van der Waals surface area contributed by atoms with E-state index in [-0.39, 0.29) is 5.92 Å². The molecule has 0 saturated carbocycles. The number of pyridine rings is 1. The Morgan fingerprint density at radius 1 is 1.29 bits per heavy atom. The van der Waals surface area contributed by atoms with Gasteiger partial charge < -0.3 is 10.5 Å². The zero-order valence-corrected chi connectivity index (χ0v) is 13.0. The van der Waals surface area contributed by atoms with Crippen LogP contribution in [0.5, 0.6) is 5.75 Å². The number of ether oxygens (including phenoxy) is 1. The minimum Gasteiger partial charge on any atom is -0.494 e. The van der Waals surface area contributed by atoms with E-state index in [1.54, 1.807) is 7.11 Å². The van der Waals surface area contributed by atoms with Gasteiger partial charge in [-0.3, -0.25) is 0 Å². The van der Waals surface area contributed by atoms with Crippen molar-refractivity contribution in [3.05, 3.63) is 36.2 Å². The van der Waals surface area contributed by atoms with Crippen LogP contribution in [-0.4, -0.2) is 17.1 Å². The van der Waals surface area contributed by atoms with E-state index < -0.39 is 0 Å². The van der Waals surface area contributed by atoms with Crippen LogP contribution in [0.4, 0.5) is 5.00 Å². The Labute approximate surface area is 127 Å². The van der Waals surface area contributed by atoms with E-state index in [1.807, 2.05) is 24.3 Å². The second-order valence-corrected chi connectivity index (χ2v) is 6.10. The fourth-order valence-electron chi connectivity index (χ4n) is 2.30. The summed E-state index contributed by atoms with van der Waals surface area (Å²) in [5, 5.41) is 2.60. The van der Waals surface area contributed by atoms with Gasteiger partial charge in [0, 0.05) is 5.39 Å². The molecule has 0 aliphatic rings. The number of benzene rings is 1. The van der Waals surface area contributed by atoms with Gasteiger partial charge in [0.15, 0.2) is 5.75 Å². The summed E-state index contributed by atoms with van der Waals surface area (Å²) in [5.41, 5.74) is 8.81. The third-order valence-corrected chi connectivity index (χ3v) is 4.24. The zero-order chi connectivity index (χ0) is 15.0. The topological polar surface area (TPSA) is 61.0 Å². The van der Waals surface area contributed by atoms with Crippen molar-refractivity contribution in [1.82, 2.24) is 9.97 Å². The molecule has 1 aromatic carbocycles. The van der Waals surface area contributed by atoms with Gasteiger partial charge in [-0.1, -0.05) is 43.4 Å². The molecule has 3 aromatic rings. The Balaban J connectivity index is 2.30. The van der Waals surface area contributed by atoms with E-state index in [2.05, 4.69) is 25.0 Å². The van der Waals surface area contributed by atoms with Gasteiger partial charge in [-0.05, 0) is 12.0 Å². The number of methoxy groups -OCH3 is 1. The number of hydrogen-bond donors (Lipinski definition) is 1. The summed E-state index contributed by atoms with van der Waals surface area (Å²) in [4.78, 5) is 9.00. The van der Waals surface area contributed by atoms with Crippen LogP contribution in [0.3, 0.4) is 0 Å². The van der Waals surface area contributed by atoms with E-state index in [0.29, 0.717) is 5.75 Å². The molecule has 2 heterocycles. The lowest BCUT2D eigenvalue weighted by Crippen LogP contribution is -1.94. The largest absolute Gasteiger partial charge is 0.494 e. The van der Waals surface area contributed by atoms with Crippen LogP contribution in [-0.2, 0) is 0 Å². The van der Waals surface area contributed by atoms with Gasteiger partial charge >= 0.3 is 0 Å². The van der Waals surface area contributed by atoms with Gasteiger partial charge in [-0.25, -0.2) is 9.97 Å². The summed E-state index contributed by atoms with van der Waals surface area (Å²) in [6.45, 7) is 4.17. The Morgan fingerprint density at radius 2 is 2.05 bits per heavy atom. The average molecular weight is 298 g/mol. The molecule has 0 amide bonds. The van der Waals surface area contributed by atoms with Gasteiger partial charge in [0.05, 0.1) is 23.9 Å². The molecule has 0 atom stereocenters. The molecule has 4 nitrogen and oxygen atoms in total. The Morgan fingerprint density at radius 3 is 2.71 bits per heavy atom. The highest BCUT2D eigenvalue weighted by Gasteiger charge is 2.19. The fourth-order valence-corrected chi connectivity index (χ4v) is 3.34. The molecular formula is C16H16N3OS. The maximum absolute atomic E-state index is 6.10. The highest BCUT2D eigenvalue weighted by atomic mass is 32.1. The smallest absolute Gasteiger partial charge is 0.157 e. The predicted octanol–water partition coefficient (Wildman–Crippen LogP) is 3.87. The SMILES string of the molecule is COc1[c]nc2ccccc2c1-c1nc(C(C)C)c(N)s1. The average Bonchev–Trinajstić information content (AvgIpc) is 2.87. The first-order chi connectivity index (χ1) is 10.1. The van der Waals surface area contributed by atoms with Crippen molar-refractivity contribution in [2.45, 2.75) is 19.8 Å². The molecule has 107 valence electrons. The number of nitrogens with two attached hydrogens (primary N) is 1. The molecule has 0 aliphatic carbocycles. The quantitative estimate of drug-likeness (QED) is 0.797. The minimum absolute atomic E-state index is 0.290. The lowest BCUT2D eigenvalue weighted by Gasteiger charge is -2.08. The summed E-state index contributed by atoms with van der Waals surface area (Å²) in [6, 6.07) is 7.90. The first-order valence-electron chi connectivity index (χ1n) is 6.72. The summed E-state index contributed by atoms with van der Waals surface area (Å²) < 4.78 is 5.43. The van der Waals surface area contributed by atoms with Crippen molar-refractivity contribution in [1.29, 1.82) is 0 Å². The Hall–Kier alpha value is -2.14. The number of rotatable bonds is 3. The molecule has 5 heteroatoms. The van der Waals surface area contributed by atoms with Gasteiger partial charge in [-0.15, -0.1) is 0 Å². The monoisotopic (exact) mass is 298 g/mol. The van der Waals surface area contributed by atoms with Gasteiger partial charge in [-0.2, -0.15) is 0 Å². The highest BCUT2D eigenvalue weighted by molar-refractivity contribution is 7.19. The van der Waals surface area contributed by atoms with Crippen molar-refractivity contribution in [3.8, 4) is 16.3 Å². The number of para-hydroxylation sites is 1. The summed E-state index contributed by atoms with van der Waals surface area (Å²) in [7, 11) is 1.62. The predicted molar refractivity (Wildman–Crippen MR) is 86.7 cm³/mol.